The van der Waals surface area contributed by atoms with Gasteiger partial charge in [-0.1, -0.05) is 23.7 Å². The maximum atomic E-state index is 12.2. The Morgan fingerprint density at radius 2 is 1.74 bits per heavy atom. The number of rotatable bonds is 7. The number of amides is 1. The van der Waals surface area contributed by atoms with Gasteiger partial charge in [0.2, 0.25) is 15.9 Å². The fourth-order valence-electron chi connectivity index (χ4n) is 2.98. The summed E-state index contributed by atoms with van der Waals surface area (Å²) in [5, 5.41) is 3.38. The van der Waals surface area contributed by atoms with E-state index >= 15 is 0 Å². The third kappa shape index (κ3) is 5.97. The second-order valence-electron chi connectivity index (χ2n) is 6.75. The number of anilines is 2. The summed E-state index contributed by atoms with van der Waals surface area (Å²) >= 11 is 6.12. The normalized spacial score (nSPS) is 11.3. The number of hydrogen-bond acceptors (Lipinski definition) is 3. The van der Waals surface area contributed by atoms with E-state index in [9.17, 15) is 13.2 Å². The van der Waals surface area contributed by atoms with E-state index in [1.54, 1.807) is 25.1 Å². The molecule has 0 saturated heterocycles. The van der Waals surface area contributed by atoms with E-state index in [0.717, 1.165) is 23.1 Å². The summed E-state index contributed by atoms with van der Waals surface area (Å²) in [5.41, 5.74) is 4.14. The lowest BCUT2D eigenvalue weighted by molar-refractivity contribution is -0.116. The Labute approximate surface area is 166 Å². The zero-order valence-corrected chi connectivity index (χ0v) is 17.6. The fourth-order valence-corrected chi connectivity index (χ4v) is 4.17. The Morgan fingerprint density at radius 1 is 1.11 bits per heavy atom. The molecule has 0 unspecified atom stereocenters. The Kier molecular flexibility index (Phi) is 6.89. The maximum absolute atomic E-state index is 12.2. The third-order valence-corrected chi connectivity index (χ3v) is 5.77. The van der Waals surface area contributed by atoms with Crippen molar-refractivity contribution in [3.8, 4) is 0 Å². The third-order valence-electron chi connectivity index (χ3n) is 4.18. The van der Waals surface area contributed by atoms with Crippen LogP contribution in [0.4, 0.5) is 11.4 Å². The Bertz CT molecular complexity index is 922. The van der Waals surface area contributed by atoms with Crippen LogP contribution >= 0.6 is 11.6 Å². The van der Waals surface area contributed by atoms with Gasteiger partial charge in [0, 0.05) is 23.7 Å². The Balaban J connectivity index is 2.03. The number of sulfonamides is 1. The molecular formula is C20H25ClN2O3S. The van der Waals surface area contributed by atoms with Crippen molar-refractivity contribution in [1.82, 2.24) is 0 Å². The second-order valence-corrected chi connectivity index (χ2v) is 9.06. The first-order valence-electron chi connectivity index (χ1n) is 8.69. The predicted molar refractivity (Wildman–Crippen MR) is 112 cm³/mol. The zero-order valence-electron chi connectivity index (χ0n) is 16.0. The van der Waals surface area contributed by atoms with Crippen LogP contribution in [0.2, 0.25) is 5.02 Å². The zero-order chi connectivity index (χ0) is 20.2. The van der Waals surface area contributed by atoms with Gasteiger partial charge in [-0.2, -0.15) is 0 Å². The smallest absolute Gasteiger partial charge is 0.232 e. The molecule has 0 bridgehead atoms. The molecule has 2 rings (SSSR count). The molecule has 0 heterocycles. The molecule has 0 aliphatic heterocycles. The first-order chi connectivity index (χ1) is 12.6. The van der Waals surface area contributed by atoms with Crippen LogP contribution in [-0.4, -0.2) is 27.1 Å². The van der Waals surface area contributed by atoms with Gasteiger partial charge >= 0.3 is 0 Å². The van der Waals surface area contributed by atoms with Gasteiger partial charge in [-0.25, -0.2) is 8.42 Å². The van der Waals surface area contributed by atoms with Crippen LogP contribution in [0.25, 0.3) is 0 Å². The van der Waals surface area contributed by atoms with Gasteiger partial charge in [0.25, 0.3) is 0 Å². The van der Waals surface area contributed by atoms with E-state index in [0.29, 0.717) is 22.7 Å². The molecule has 27 heavy (non-hydrogen) atoms. The molecule has 0 saturated carbocycles. The van der Waals surface area contributed by atoms with E-state index in [1.807, 2.05) is 32.0 Å². The molecule has 1 N–H and O–H groups in total. The van der Waals surface area contributed by atoms with Crippen molar-refractivity contribution in [1.29, 1.82) is 0 Å². The molecule has 0 aliphatic rings. The number of nitrogens with zero attached hydrogens (tertiary/aromatic N) is 1. The highest BCUT2D eigenvalue weighted by molar-refractivity contribution is 7.92. The monoisotopic (exact) mass is 408 g/mol. The molecule has 0 fully saturated rings. The first kappa shape index (κ1) is 21.3. The van der Waals surface area contributed by atoms with Gasteiger partial charge in [0.15, 0.2) is 0 Å². The van der Waals surface area contributed by atoms with Crippen molar-refractivity contribution in [2.45, 2.75) is 33.6 Å². The minimum Gasteiger partial charge on any atom is -0.326 e. The fraction of sp³-hybridized carbons (Fsp3) is 0.350. The highest BCUT2D eigenvalue weighted by atomic mass is 35.5. The van der Waals surface area contributed by atoms with Crippen molar-refractivity contribution >= 4 is 38.9 Å². The van der Waals surface area contributed by atoms with Gasteiger partial charge in [0.1, 0.15) is 0 Å². The van der Waals surface area contributed by atoms with Gasteiger partial charge < -0.3 is 5.32 Å². The number of hydrogen-bond donors (Lipinski definition) is 1. The molecule has 7 heteroatoms. The van der Waals surface area contributed by atoms with E-state index in [1.165, 1.54) is 4.31 Å². The lowest BCUT2D eigenvalue weighted by Crippen LogP contribution is -2.32. The SMILES string of the molecule is Cc1cc(C)cc(NC(=O)CCCN(c2cccc(Cl)c2C)S(C)(=O)=O)c1. The molecule has 1 amide bonds. The Morgan fingerprint density at radius 3 is 2.33 bits per heavy atom. The second kappa shape index (κ2) is 8.76. The lowest BCUT2D eigenvalue weighted by Gasteiger charge is -2.24. The number of aryl methyl sites for hydroxylation is 2. The van der Waals surface area contributed by atoms with Crippen LogP contribution < -0.4 is 9.62 Å². The summed E-state index contributed by atoms with van der Waals surface area (Å²) in [6.45, 7) is 5.93. The molecule has 5 nitrogen and oxygen atoms in total. The number of halogens is 1. The topological polar surface area (TPSA) is 66.5 Å². The molecule has 2 aromatic rings. The molecule has 146 valence electrons. The van der Waals surface area contributed by atoms with Crippen molar-refractivity contribution in [3.05, 3.63) is 58.1 Å². The standard InChI is InChI=1S/C20H25ClN2O3S/c1-14-11-15(2)13-17(12-14)22-20(24)9-6-10-23(27(4,25)26)19-8-5-7-18(21)16(19)3/h5,7-8,11-13H,6,9-10H2,1-4H3,(H,22,24). The summed E-state index contributed by atoms with van der Waals surface area (Å²) in [7, 11) is -3.48. The molecule has 2 aromatic carbocycles. The van der Waals surface area contributed by atoms with Crippen LogP contribution in [0.15, 0.2) is 36.4 Å². The van der Waals surface area contributed by atoms with E-state index in [4.69, 9.17) is 11.6 Å². The van der Waals surface area contributed by atoms with Gasteiger partial charge in [-0.05, 0) is 68.1 Å². The predicted octanol–water partition coefficient (Wildman–Crippen LogP) is 4.45. The summed E-state index contributed by atoms with van der Waals surface area (Å²) in [6, 6.07) is 11.0. The van der Waals surface area contributed by atoms with Crippen LogP contribution in [0.3, 0.4) is 0 Å². The molecule has 0 radical (unpaired) electrons. The number of benzene rings is 2. The van der Waals surface area contributed by atoms with Gasteiger partial charge in [0.05, 0.1) is 11.9 Å². The molecule has 0 aromatic heterocycles. The molecule has 0 aliphatic carbocycles. The van der Waals surface area contributed by atoms with Crippen LogP contribution in [-0.2, 0) is 14.8 Å². The van der Waals surface area contributed by atoms with E-state index in [-0.39, 0.29) is 18.9 Å². The van der Waals surface area contributed by atoms with Crippen molar-refractivity contribution in [2.75, 3.05) is 22.4 Å². The van der Waals surface area contributed by atoms with Crippen LogP contribution in [0.5, 0.6) is 0 Å². The molecule has 0 atom stereocenters. The summed E-state index contributed by atoms with van der Waals surface area (Å²) in [5.74, 6) is -0.142. The summed E-state index contributed by atoms with van der Waals surface area (Å²) < 4.78 is 25.7. The van der Waals surface area contributed by atoms with E-state index in [2.05, 4.69) is 5.32 Å². The first-order valence-corrected chi connectivity index (χ1v) is 10.9. The van der Waals surface area contributed by atoms with E-state index < -0.39 is 10.0 Å². The van der Waals surface area contributed by atoms with Crippen LogP contribution in [0.1, 0.15) is 29.5 Å². The maximum Gasteiger partial charge on any atom is 0.232 e. The molecule has 0 spiro atoms. The number of nitrogens with one attached hydrogen (secondary N) is 1. The van der Waals surface area contributed by atoms with Gasteiger partial charge in [-0.15, -0.1) is 0 Å². The van der Waals surface area contributed by atoms with Gasteiger partial charge in [-0.3, -0.25) is 9.10 Å². The molecular weight excluding hydrogens is 384 g/mol. The van der Waals surface area contributed by atoms with Crippen molar-refractivity contribution < 1.29 is 13.2 Å². The minimum absolute atomic E-state index is 0.142. The average molecular weight is 409 g/mol. The summed E-state index contributed by atoms with van der Waals surface area (Å²) in [4.78, 5) is 12.2. The quantitative estimate of drug-likeness (QED) is 0.735. The largest absolute Gasteiger partial charge is 0.326 e. The average Bonchev–Trinajstić information content (AvgIpc) is 2.52. The highest BCUT2D eigenvalue weighted by Gasteiger charge is 2.20. The van der Waals surface area contributed by atoms with Crippen LogP contribution in [0, 0.1) is 20.8 Å². The summed E-state index contributed by atoms with van der Waals surface area (Å²) in [6.07, 6.45) is 1.78. The lowest BCUT2D eigenvalue weighted by atomic mass is 10.1. The highest BCUT2D eigenvalue weighted by Crippen LogP contribution is 2.28. The minimum atomic E-state index is -3.48. The van der Waals surface area contributed by atoms with Crippen molar-refractivity contribution in [2.24, 2.45) is 0 Å². The number of carbonyl (C=O) groups is 1. The van der Waals surface area contributed by atoms with Crippen molar-refractivity contribution in [3.63, 3.8) is 0 Å². The number of carbonyl (C=O) groups excluding carboxylic acids is 1. The Hall–Kier alpha value is -2.05.